The van der Waals surface area contributed by atoms with Gasteiger partial charge in [-0.2, -0.15) is 5.26 Å². The third-order valence-electron chi connectivity index (χ3n) is 4.79. The second kappa shape index (κ2) is 11.8. The first-order chi connectivity index (χ1) is 16.6. The maximum atomic E-state index is 12.7. The molecule has 0 aliphatic heterocycles. The molecule has 3 rings (SSSR count). The molecule has 9 heteroatoms. The number of benzene rings is 1. The SMILES string of the molecule is CC#N.[C-]#[N+]/C(=C\c1c(-c2ccc(C)cc2)c2c(N)ncnc2n1CCCO)C(=O)OC(C)(C)C. The number of aliphatic hydroxyl groups is 1. The first-order valence-corrected chi connectivity index (χ1v) is 11.0. The van der Waals surface area contributed by atoms with Crippen LogP contribution in [0.1, 0.15) is 45.4 Å². The summed E-state index contributed by atoms with van der Waals surface area (Å²) in [5, 5.41) is 17.4. The van der Waals surface area contributed by atoms with E-state index in [2.05, 4.69) is 14.8 Å². The number of ether oxygens (including phenoxy) is 1. The molecule has 0 atom stereocenters. The van der Waals surface area contributed by atoms with Crippen molar-refractivity contribution in [3.8, 4) is 17.2 Å². The van der Waals surface area contributed by atoms with Crippen LogP contribution in [0.2, 0.25) is 0 Å². The molecular weight excluding hydrogens is 444 g/mol. The number of nitrogens with two attached hydrogens (primary N) is 1. The lowest BCUT2D eigenvalue weighted by molar-refractivity contribution is -0.149. The molecule has 1 aromatic carbocycles. The van der Waals surface area contributed by atoms with Crippen LogP contribution in [0.15, 0.2) is 36.3 Å². The Balaban J connectivity index is 0.00000137. The van der Waals surface area contributed by atoms with Gasteiger partial charge in [0, 0.05) is 31.3 Å². The van der Waals surface area contributed by atoms with Crippen LogP contribution in [0.3, 0.4) is 0 Å². The van der Waals surface area contributed by atoms with Crippen molar-refractivity contribution in [1.29, 1.82) is 5.26 Å². The van der Waals surface area contributed by atoms with Crippen molar-refractivity contribution in [3.05, 3.63) is 59.0 Å². The van der Waals surface area contributed by atoms with Crippen molar-refractivity contribution >= 4 is 28.9 Å². The average Bonchev–Trinajstić information content (AvgIpc) is 3.10. The summed E-state index contributed by atoms with van der Waals surface area (Å²) in [6.45, 7) is 16.7. The Morgan fingerprint density at radius 2 is 1.94 bits per heavy atom. The third kappa shape index (κ3) is 6.66. The van der Waals surface area contributed by atoms with Crippen molar-refractivity contribution in [2.45, 2.75) is 53.2 Å². The fraction of sp³-hybridized carbons (Fsp3) is 0.346. The molecule has 9 nitrogen and oxygen atoms in total. The second-order valence-corrected chi connectivity index (χ2v) is 8.68. The number of hydrogen-bond acceptors (Lipinski definition) is 7. The van der Waals surface area contributed by atoms with Gasteiger partial charge in [0.2, 0.25) is 0 Å². The number of rotatable bonds is 6. The monoisotopic (exact) mass is 474 g/mol. The maximum Gasteiger partial charge on any atom is 0.336 e. The van der Waals surface area contributed by atoms with E-state index in [-0.39, 0.29) is 12.3 Å². The van der Waals surface area contributed by atoms with Crippen molar-refractivity contribution in [2.75, 3.05) is 12.3 Å². The summed E-state index contributed by atoms with van der Waals surface area (Å²) < 4.78 is 7.28. The minimum absolute atomic E-state index is 0.0228. The third-order valence-corrected chi connectivity index (χ3v) is 4.79. The van der Waals surface area contributed by atoms with E-state index in [9.17, 15) is 9.90 Å². The molecule has 0 unspecified atom stereocenters. The molecule has 0 aliphatic rings. The first-order valence-electron chi connectivity index (χ1n) is 11.0. The van der Waals surface area contributed by atoms with Gasteiger partial charge in [-0.1, -0.05) is 29.8 Å². The van der Waals surface area contributed by atoms with Gasteiger partial charge >= 0.3 is 5.97 Å². The van der Waals surface area contributed by atoms with Gasteiger partial charge in [0.1, 0.15) is 23.4 Å². The van der Waals surface area contributed by atoms with E-state index in [1.54, 1.807) is 26.8 Å². The Kier molecular flexibility index (Phi) is 9.10. The molecule has 3 N–H and O–H groups in total. The largest absolute Gasteiger partial charge is 0.465 e. The number of fused-ring (bicyclic) bond motifs is 1. The number of esters is 1. The summed E-state index contributed by atoms with van der Waals surface area (Å²) in [7, 11) is 0. The molecule has 0 saturated carbocycles. The number of aryl methyl sites for hydroxylation is 2. The maximum absolute atomic E-state index is 12.7. The zero-order valence-electron chi connectivity index (χ0n) is 20.7. The molecule has 182 valence electrons. The predicted octanol–water partition coefficient (Wildman–Crippen LogP) is 4.50. The smallest absolute Gasteiger partial charge is 0.336 e. The minimum atomic E-state index is -0.736. The summed E-state index contributed by atoms with van der Waals surface area (Å²) in [6.07, 6.45) is 3.35. The lowest BCUT2D eigenvalue weighted by Gasteiger charge is -2.19. The molecule has 0 fully saturated rings. The van der Waals surface area contributed by atoms with Crippen LogP contribution >= 0.6 is 0 Å². The van der Waals surface area contributed by atoms with Gasteiger partial charge in [-0.15, -0.1) is 0 Å². The average molecular weight is 475 g/mol. The molecular formula is C26H30N6O3. The molecule has 0 radical (unpaired) electrons. The molecule has 0 amide bonds. The summed E-state index contributed by atoms with van der Waals surface area (Å²) in [4.78, 5) is 24.7. The number of carbonyl (C=O) groups is 1. The molecule has 0 saturated heterocycles. The molecule has 0 aliphatic carbocycles. The molecule has 2 heterocycles. The van der Waals surface area contributed by atoms with E-state index in [1.165, 1.54) is 19.3 Å². The van der Waals surface area contributed by atoms with Crippen molar-refractivity contribution in [3.63, 3.8) is 0 Å². The summed E-state index contributed by atoms with van der Waals surface area (Å²) >= 11 is 0. The highest BCUT2D eigenvalue weighted by Crippen LogP contribution is 2.38. The Labute approximate surface area is 205 Å². The second-order valence-electron chi connectivity index (χ2n) is 8.68. The van der Waals surface area contributed by atoms with E-state index in [4.69, 9.17) is 22.3 Å². The molecule has 0 spiro atoms. The van der Waals surface area contributed by atoms with Crippen LogP contribution in [0.25, 0.3) is 33.1 Å². The number of hydrogen-bond donors (Lipinski definition) is 2. The first kappa shape index (κ1) is 27.0. The normalized spacial score (nSPS) is 11.3. The predicted molar refractivity (Wildman–Crippen MR) is 136 cm³/mol. The van der Waals surface area contributed by atoms with Crippen LogP contribution in [0.5, 0.6) is 0 Å². The van der Waals surface area contributed by atoms with Crippen molar-refractivity contribution < 1.29 is 14.6 Å². The zero-order chi connectivity index (χ0) is 26.2. The molecule has 0 bridgehead atoms. The summed E-state index contributed by atoms with van der Waals surface area (Å²) in [5.41, 5.74) is 9.18. The van der Waals surface area contributed by atoms with Crippen LogP contribution < -0.4 is 5.73 Å². The van der Waals surface area contributed by atoms with Crippen LogP contribution in [0, 0.1) is 24.8 Å². The number of anilines is 1. The highest BCUT2D eigenvalue weighted by molar-refractivity contribution is 6.06. The topological polar surface area (TPSA) is 131 Å². The standard InChI is InChI=1S/C24H27N5O3.C2H3N/c1-15-7-9-16(10-8-15)19-18(13-17(26-5)23(31)32-24(2,3)4)29(11-6-12-30)22-20(19)21(25)27-14-28-22;1-2-3/h7-10,13-14,30H,6,11-12H2,1-4H3,(H2,25,27,28);1H3/b17-13-;. The van der Waals surface area contributed by atoms with Gasteiger partial charge in [0.05, 0.1) is 18.0 Å². The van der Waals surface area contributed by atoms with E-state index in [0.29, 0.717) is 35.5 Å². The number of nitriles is 1. The Morgan fingerprint density at radius 1 is 1.31 bits per heavy atom. The van der Waals surface area contributed by atoms with E-state index in [0.717, 1.165) is 16.7 Å². The van der Waals surface area contributed by atoms with E-state index in [1.807, 2.05) is 35.8 Å². The molecule has 2 aromatic heterocycles. The highest BCUT2D eigenvalue weighted by atomic mass is 16.6. The Bertz CT molecular complexity index is 1300. The lowest BCUT2D eigenvalue weighted by atomic mass is 10.0. The Morgan fingerprint density at radius 3 is 2.49 bits per heavy atom. The number of aromatic nitrogens is 3. The number of aliphatic hydroxyl groups excluding tert-OH is 1. The van der Waals surface area contributed by atoms with Gasteiger partial charge in [-0.05, 0) is 45.8 Å². The van der Waals surface area contributed by atoms with Crippen LogP contribution in [-0.4, -0.2) is 37.8 Å². The van der Waals surface area contributed by atoms with Crippen LogP contribution in [-0.2, 0) is 16.1 Å². The van der Waals surface area contributed by atoms with E-state index >= 15 is 0 Å². The number of nitrogens with zero attached hydrogens (tertiary/aromatic N) is 5. The van der Waals surface area contributed by atoms with Gasteiger partial charge in [0.15, 0.2) is 0 Å². The lowest BCUT2D eigenvalue weighted by Crippen LogP contribution is -2.24. The Hall–Kier alpha value is -4.21. The van der Waals surface area contributed by atoms with Crippen molar-refractivity contribution in [1.82, 2.24) is 14.5 Å². The van der Waals surface area contributed by atoms with Gasteiger partial charge in [0.25, 0.3) is 5.70 Å². The highest BCUT2D eigenvalue weighted by Gasteiger charge is 2.25. The fourth-order valence-corrected chi connectivity index (χ4v) is 3.43. The van der Waals surface area contributed by atoms with Crippen LogP contribution in [0.4, 0.5) is 5.82 Å². The van der Waals surface area contributed by atoms with Gasteiger partial charge in [-0.3, -0.25) is 4.79 Å². The quantitative estimate of drug-likeness (QED) is 0.305. The fourth-order valence-electron chi connectivity index (χ4n) is 3.43. The van der Waals surface area contributed by atoms with Crippen molar-refractivity contribution in [2.24, 2.45) is 0 Å². The van der Waals surface area contributed by atoms with Gasteiger partial charge in [-0.25, -0.2) is 14.8 Å². The summed E-state index contributed by atoms with van der Waals surface area (Å²) in [6, 6.07) is 9.61. The molecule has 35 heavy (non-hydrogen) atoms. The van der Waals surface area contributed by atoms with Gasteiger partial charge < -0.3 is 20.1 Å². The van der Waals surface area contributed by atoms with E-state index < -0.39 is 11.6 Å². The minimum Gasteiger partial charge on any atom is -0.465 e. The number of nitrogen functional groups attached to an aromatic ring is 1. The summed E-state index contributed by atoms with van der Waals surface area (Å²) in [5.74, 6) is -0.412. The number of carbonyl (C=O) groups excluding carboxylic acids is 1. The zero-order valence-corrected chi connectivity index (χ0v) is 20.7. The molecule has 3 aromatic rings.